The summed E-state index contributed by atoms with van der Waals surface area (Å²) in [7, 11) is 0. The van der Waals surface area contributed by atoms with E-state index in [1.54, 1.807) is 26.8 Å². The fourth-order valence-electron chi connectivity index (χ4n) is 5.27. The van der Waals surface area contributed by atoms with Crippen molar-refractivity contribution in [3.8, 4) is 0 Å². The van der Waals surface area contributed by atoms with E-state index in [0.717, 1.165) is 0 Å². The van der Waals surface area contributed by atoms with E-state index in [4.69, 9.17) is 4.74 Å². The van der Waals surface area contributed by atoms with Gasteiger partial charge in [-0.25, -0.2) is 4.79 Å². The number of ether oxygens (including phenoxy) is 1. The lowest BCUT2D eigenvalue weighted by Crippen LogP contribution is -2.60. The molecule has 10 heteroatoms. The number of likely N-dealkylation sites (tertiary alicyclic amines) is 1. The molecule has 1 aliphatic carbocycles. The molecule has 1 heterocycles. The Kier molecular flexibility index (Phi) is 9.79. The molecule has 0 spiro atoms. The maximum absolute atomic E-state index is 13.9. The number of piperidine rings is 1. The van der Waals surface area contributed by atoms with Crippen LogP contribution in [0.1, 0.15) is 68.2 Å². The zero-order valence-corrected chi connectivity index (χ0v) is 24.7. The predicted molar refractivity (Wildman–Crippen MR) is 148 cm³/mol. The number of Topliss-reactive ketones (excluding diaryl/α,β-unsaturated/α-hetero) is 1. The lowest BCUT2D eigenvalue weighted by atomic mass is 9.85. The van der Waals surface area contributed by atoms with Crippen molar-refractivity contribution >= 4 is 29.6 Å². The standard InChI is InChI=1S/C29H46N4O6/c1-11-13-14-18(21(34)24(36)30-15-12-2)31-23(35)20-19-17(29(19,9)10)16-33(20)25(37)22(27(3,4)5)32-26(38)39-28(6,7)8/h11-12,17-20,22H,1-2,13-16H2,3-10H3,(H,30,36)(H,31,35)(H,32,38)/t17-,18?,19?,20-,22+/m0/s1. The van der Waals surface area contributed by atoms with Crippen molar-refractivity contribution in [3.63, 3.8) is 0 Å². The van der Waals surface area contributed by atoms with E-state index in [1.165, 1.54) is 11.0 Å². The summed E-state index contributed by atoms with van der Waals surface area (Å²) >= 11 is 0. The Hall–Kier alpha value is -3.17. The zero-order valence-electron chi connectivity index (χ0n) is 24.7. The molecular formula is C29H46N4O6. The minimum atomic E-state index is -1.07. The second-order valence-corrected chi connectivity index (χ2v) is 13.1. The first kappa shape index (κ1) is 32.0. The van der Waals surface area contributed by atoms with Crippen LogP contribution in [0.4, 0.5) is 4.79 Å². The quantitative estimate of drug-likeness (QED) is 0.270. The van der Waals surface area contributed by atoms with Gasteiger partial charge in [-0.15, -0.1) is 13.2 Å². The fourth-order valence-corrected chi connectivity index (χ4v) is 5.27. The predicted octanol–water partition coefficient (Wildman–Crippen LogP) is 2.73. The molecule has 2 aliphatic rings. The van der Waals surface area contributed by atoms with E-state index in [2.05, 4.69) is 29.1 Å². The molecule has 10 nitrogen and oxygen atoms in total. The van der Waals surface area contributed by atoms with Crippen molar-refractivity contribution in [1.29, 1.82) is 0 Å². The number of alkyl carbamates (subject to hydrolysis) is 1. The molecule has 39 heavy (non-hydrogen) atoms. The van der Waals surface area contributed by atoms with Crippen LogP contribution in [0.15, 0.2) is 25.3 Å². The molecule has 2 unspecified atom stereocenters. The maximum atomic E-state index is 13.9. The average Bonchev–Trinajstić information content (AvgIpc) is 3.14. The summed E-state index contributed by atoms with van der Waals surface area (Å²) in [6.07, 6.45) is 2.94. The highest BCUT2D eigenvalue weighted by Crippen LogP contribution is 2.65. The van der Waals surface area contributed by atoms with Gasteiger partial charge in [0.1, 0.15) is 17.7 Å². The topological polar surface area (TPSA) is 134 Å². The summed E-state index contributed by atoms with van der Waals surface area (Å²) in [6, 6.07) is -2.87. The van der Waals surface area contributed by atoms with E-state index in [0.29, 0.717) is 13.0 Å². The number of fused-ring (bicyclic) bond motifs is 1. The second-order valence-electron chi connectivity index (χ2n) is 13.1. The Balaban J connectivity index is 2.32. The maximum Gasteiger partial charge on any atom is 0.408 e. The summed E-state index contributed by atoms with van der Waals surface area (Å²) in [4.78, 5) is 67.0. The molecule has 2 fully saturated rings. The van der Waals surface area contributed by atoms with Gasteiger partial charge in [0.25, 0.3) is 5.91 Å². The summed E-state index contributed by atoms with van der Waals surface area (Å²) < 4.78 is 5.39. The molecule has 1 aliphatic heterocycles. The van der Waals surface area contributed by atoms with Crippen LogP contribution in [0.5, 0.6) is 0 Å². The summed E-state index contributed by atoms with van der Waals surface area (Å²) in [6.45, 7) is 22.4. The lowest BCUT2D eigenvalue weighted by Gasteiger charge is -2.38. The van der Waals surface area contributed by atoms with Crippen molar-refractivity contribution in [2.45, 2.75) is 92.0 Å². The molecule has 0 radical (unpaired) electrons. The van der Waals surface area contributed by atoms with Crippen LogP contribution in [0, 0.1) is 22.7 Å². The monoisotopic (exact) mass is 546 g/mol. The van der Waals surface area contributed by atoms with Crippen LogP contribution in [-0.4, -0.2) is 71.3 Å². The zero-order chi connectivity index (χ0) is 29.9. The van der Waals surface area contributed by atoms with Crippen LogP contribution < -0.4 is 16.0 Å². The van der Waals surface area contributed by atoms with E-state index >= 15 is 0 Å². The number of nitrogens with zero attached hydrogens (tertiary/aromatic N) is 1. The van der Waals surface area contributed by atoms with Gasteiger partial charge in [-0.2, -0.15) is 0 Å². The van der Waals surface area contributed by atoms with Crippen LogP contribution in [-0.2, 0) is 23.9 Å². The van der Waals surface area contributed by atoms with E-state index in [-0.39, 0.29) is 30.2 Å². The van der Waals surface area contributed by atoms with Crippen LogP contribution in [0.25, 0.3) is 0 Å². The first-order chi connectivity index (χ1) is 17.9. The number of rotatable bonds is 11. The van der Waals surface area contributed by atoms with Crippen molar-refractivity contribution in [2.75, 3.05) is 13.1 Å². The van der Waals surface area contributed by atoms with Crippen molar-refractivity contribution < 1.29 is 28.7 Å². The highest BCUT2D eigenvalue weighted by Gasteiger charge is 2.69. The van der Waals surface area contributed by atoms with Crippen LogP contribution in [0.3, 0.4) is 0 Å². The number of amides is 4. The van der Waals surface area contributed by atoms with Crippen LogP contribution >= 0.6 is 0 Å². The number of carbonyl (C=O) groups excluding carboxylic acids is 5. The summed E-state index contributed by atoms with van der Waals surface area (Å²) in [5.74, 6) is -2.50. The molecule has 1 saturated heterocycles. The Morgan fingerprint density at radius 1 is 1.03 bits per heavy atom. The molecule has 0 aromatic heterocycles. The molecule has 0 bridgehead atoms. The Morgan fingerprint density at radius 2 is 1.64 bits per heavy atom. The third-order valence-electron chi connectivity index (χ3n) is 7.46. The SMILES string of the molecule is C=CCCC(NC(=O)[C@@H]1C2[C@H](CN1C(=O)[C@@H](NC(=O)OC(C)(C)C)C(C)(C)C)C2(C)C)C(=O)C(=O)NCC=C. The van der Waals surface area contributed by atoms with Gasteiger partial charge in [-0.05, 0) is 56.3 Å². The molecule has 0 aromatic rings. The highest BCUT2D eigenvalue weighted by molar-refractivity contribution is 6.38. The van der Waals surface area contributed by atoms with E-state index in [1.807, 2.05) is 34.6 Å². The first-order valence-corrected chi connectivity index (χ1v) is 13.5. The third kappa shape index (κ3) is 7.70. The molecule has 2 rings (SSSR count). The smallest absolute Gasteiger partial charge is 0.408 e. The molecule has 3 N–H and O–H groups in total. The van der Waals surface area contributed by atoms with Crippen molar-refractivity contribution in [1.82, 2.24) is 20.9 Å². The minimum absolute atomic E-state index is 0.0950. The molecule has 1 saturated carbocycles. The van der Waals surface area contributed by atoms with Gasteiger partial charge in [0.05, 0.1) is 6.04 Å². The molecule has 4 amide bonds. The summed E-state index contributed by atoms with van der Waals surface area (Å²) in [5.41, 5.74) is -1.60. The van der Waals surface area contributed by atoms with E-state index < -0.39 is 58.7 Å². The van der Waals surface area contributed by atoms with Gasteiger partial charge in [-0.3, -0.25) is 19.2 Å². The Morgan fingerprint density at radius 3 is 2.15 bits per heavy atom. The number of nitrogens with one attached hydrogen (secondary N) is 3. The number of allylic oxidation sites excluding steroid dienone is 1. The first-order valence-electron chi connectivity index (χ1n) is 13.5. The number of hydrogen-bond donors (Lipinski definition) is 3. The van der Waals surface area contributed by atoms with Gasteiger partial charge < -0.3 is 25.6 Å². The van der Waals surface area contributed by atoms with Gasteiger partial charge in [0, 0.05) is 13.1 Å². The van der Waals surface area contributed by atoms with Crippen molar-refractivity contribution in [3.05, 3.63) is 25.3 Å². The molecule has 218 valence electrons. The van der Waals surface area contributed by atoms with Gasteiger partial charge in [-0.1, -0.05) is 46.8 Å². The number of ketones is 1. The van der Waals surface area contributed by atoms with Crippen LogP contribution in [0.2, 0.25) is 0 Å². The van der Waals surface area contributed by atoms with Gasteiger partial charge >= 0.3 is 6.09 Å². The normalized spacial score (nSPS) is 23.0. The molecule has 5 atom stereocenters. The highest BCUT2D eigenvalue weighted by atomic mass is 16.6. The summed E-state index contributed by atoms with van der Waals surface area (Å²) in [5, 5.41) is 7.92. The fraction of sp³-hybridized carbons (Fsp3) is 0.690. The third-order valence-corrected chi connectivity index (χ3v) is 7.46. The second kappa shape index (κ2) is 11.9. The van der Waals surface area contributed by atoms with Crippen molar-refractivity contribution in [2.24, 2.45) is 22.7 Å². The lowest BCUT2D eigenvalue weighted by molar-refractivity contribution is -0.145. The minimum Gasteiger partial charge on any atom is -0.444 e. The Labute approximate surface area is 232 Å². The van der Waals surface area contributed by atoms with E-state index in [9.17, 15) is 24.0 Å². The molecule has 0 aromatic carbocycles. The Bertz CT molecular complexity index is 1010. The number of carbonyl (C=O) groups is 5. The van der Waals surface area contributed by atoms with Gasteiger partial charge in [0.15, 0.2) is 0 Å². The largest absolute Gasteiger partial charge is 0.444 e. The molecular weight excluding hydrogens is 500 g/mol. The number of hydrogen-bond acceptors (Lipinski definition) is 6. The average molecular weight is 547 g/mol. The van der Waals surface area contributed by atoms with Gasteiger partial charge in [0.2, 0.25) is 17.6 Å².